The van der Waals surface area contributed by atoms with Crippen molar-refractivity contribution in [2.24, 2.45) is 5.84 Å². The van der Waals surface area contributed by atoms with Crippen LogP contribution in [-0.4, -0.2) is 13.4 Å². The van der Waals surface area contributed by atoms with E-state index in [0.717, 1.165) is 6.20 Å². The Morgan fingerprint density at radius 1 is 1.19 bits per heavy atom. The molecule has 1 aromatic heterocycles. The molecule has 0 aliphatic carbocycles. The van der Waals surface area contributed by atoms with Gasteiger partial charge in [0, 0.05) is 10.7 Å². The molecule has 0 bridgehead atoms. The number of pyridine rings is 1. The van der Waals surface area contributed by atoms with Crippen molar-refractivity contribution in [3.05, 3.63) is 45.0 Å². The number of hydrazine groups is 1. The summed E-state index contributed by atoms with van der Waals surface area (Å²) in [7, 11) is -3.86. The lowest BCUT2D eigenvalue weighted by molar-refractivity contribution is 0.601. The highest BCUT2D eigenvalue weighted by Gasteiger charge is 2.18. The van der Waals surface area contributed by atoms with Crippen molar-refractivity contribution in [1.29, 1.82) is 0 Å². The summed E-state index contributed by atoms with van der Waals surface area (Å²) in [5, 5.41) is 0.345. The minimum atomic E-state index is -3.86. The minimum Gasteiger partial charge on any atom is -0.308 e. The Kier molecular flexibility index (Phi) is 4.95. The molecule has 21 heavy (non-hydrogen) atoms. The Morgan fingerprint density at radius 3 is 2.29 bits per heavy atom. The maximum atomic E-state index is 12.3. The molecular formula is C11H9BrCl2N4O2S. The van der Waals surface area contributed by atoms with Gasteiger partial charge in [0.2, 0.25) is 0 Å². The molecule has 4 N–H and O–H groups in total. The van der Waals surface area contributed by atoms with Crippen molar-refractivity contribution in [3.8, 4) is 0 Å². The number of hydrogen-bond donors (Lipinski definition) is 3. The average Bonchev–Trinajstić information content (AvgIpc) is 2.43. The van der Waals surface area contributed by atoms with Crippen molar-refractivity contribution in [2.75, 3.05) is 10.1 Å². The van der Waals surface area contributed by atoms with Gasteiger partial charge in [-0.25, -0.2) is 19.2 Å². The summed E-state index contributed by atoms with van der Waals surface area (Å²) < 4.78 is 27.5. The summed E-state index contributed by atoms with van der Waals surface area (Å²) in [5.74, 6) is 5.51. The third-order valence-electron chi connectivity index (χ3n) is 2.44. The van der Waals surface area contributed by atoms with Crippen LogP contribution in [0.25, 0.3) is 0 Å². The van der Waals surface area contributed by atoms with Crippen LogP contribution >= 0.6 is 39.1 Å². The number of benzene rings is 1. The first-order valence-electron chi connectivity index (χ1n) is 5.43. The summed E-state index contributed by atoms with van der Waals surface area (Å²) in [5.41, 5.74) is 2.41. The van der Waals surface area contributed by atoms with E-state index in [1.54, 1.807) is 0 Å². The zero-order valence-corrected chi connectivity index (χ0v) is 14.2. The SMILES string of the molecule is NNc1ccc(S(=O)(=O)Nc2c(Cl)cc(Br)cc2Cl)cn1. The number of aromatic nitrogens is 1. The summed E-state index contributed by atoms with van der Waals surface area (Å²) in [6.45, 7) is 0. The fourth-order valence-electron chi connectivity index (χ4n) is 1.46. The zero-order valence-electron chi connectivity index (χ0n) is 10.3. The molecule has 2 aromatic rings. The Hall–Kier alpha value is -1.06. The molecule has 0 unspecified atom stereocenters. The number of halogens is 3. The largest absolute Gasteiger partial charge is 0.308 e. The first-order chi connectivity index (χ1) is 9.83. The maximum Gasteiger partial charge on any atom is 0.263 e. The van der Waals surface area contributed by atoms with Gasteiger partial charge >= 0.3 is 0 Å². The first kappa shape index (κ1) is 16.3. The van der Waals surface area contributed by atoms with E-state index in [2.05, 4.69) is 31.1 Å². The Labute approximate surface area is 139 Å². The lowest BCUT2D eigenvalue weighted by Crippen LogP contribution is -2.15. The van der Waals surface area contributed by atoms with Crippen LogP contribution in [0.4, 0.5) is 11.5 Å². The number of nitrogens with two attached hydrogens (primary N) is 1. The van der Waals surface area contributed by atoms with Gasteiger partial charge in [-0.3, -0.25) is 4.72 Å². The predicted molar refractivity (Wildman–Crippen MR) is 87.0 cm³/mol. The number of hydrogen-bond acceptors (Lipinski definition) is 5. The molecule has 0 aliphatic heterocycles. The fourth-order valence-corrected chi connectivity index (χ4v) is 3.92. The van der Waals surface area contributed by atoms with Gasteiger partial charge in [0.1, 0.15) is 10.7 Å². The molecule has 0 atom stereocenters. The number of anilines is 2. The summed E-state index contributed by atoms with van der Waals surface area (Å²) >= 11 is 15.2. The predicted octanol–water partition coefficient (Wildman–Crippen LogP) is 3.24. The zero-order chi connectivity index (χ0) is 15.6. The smallest absolute Gasteiger partial charge is 0.263 e. The summed E-state index contributed by atoms with van der Waals surface area (Å²) in [6.07, 6.45) is 1.16. The van der Waals surface area contributed by atoms with E-state index >= 15 is 0 Å². The molecule has 10 heteroatoms. The van der Waals surface area contributed by atoms with Crippen molar-refractivity contribution in [2.45, 2.75) is 4.90 Å². The molecule has 0 aliphatic rings. The molecule has 0 saturated carbocycles. The van der Waals surface area contributed by atoms with E-state index in [0.29, 0.717) is 10.3 Å². The van der Waals surface area contributed by atoms with Crippen LogP contribution in [0, 0.1) is 0 Å². The van der Waals surface area contributed by atoms with Crippen molar-refractivity contribution < 1.29 is 8.42 Å². The standard InChI is InChI=1S/C11H9BrCl2N4O2S/c12-6-3-8(13)11(9(14)4-6)18-21(19,20)7-1-2-10(17-15)16-5-7/h1-5,18H,15H2,(H,16,17). The monoisotopic (exact) mass is 410 g/mol. The minimum absolute atomic E-state index is 0.0449. The molecule has 0 spiro atoms. The molecule has 1 heterocycles. The van der Waals surface area contributed by atoms with Crippen LogP contribution < -0.4 is 16.0 Å². The second-order valence-electron chi connectivity index (χ2n) is 3.87. The van der Waals surface area contributed by atoms with E-state index < -0.39 is 10.0 Å². The lowest BCUT2D eigenvalue weighted by atomic mass is 10.3. The van der Waals surface area contributed by atoms with Gasteiger partial charge < -0.3 is 5.43 Å². The molecule has 6 nitrogen and oxygen atoms in total. The first-order valence-corrected chi connectivity index (χ1v) is 8.47. The van der Waals surface area contributed by atoms with Crippen LogP contribution in [0.1, 0.15) is 0 Å². The summed E-state index contributed by atoms with van der Waals surface area (Å²) in [6, 6.07) is 5.85. The molecule has 0 saturated heterocycles. The fraction of sp³-hybridized carbons (Fsp3) is 0. The number of rotatable bonds is 4. The Balaban J connectivity index is 2.37. The van der Waals surface area contributed by atoms with E-state index in [-0.39, 0.29) is 20.6 Å². The number of nitrogens with zero attached hydrogens (tertiary/aromatic N) is 1. The molecular weight excluding hydrogens is 403 g/mol. The highest BCUT2D eigenvalue weighted by atomic mass is 79.9. The van der Waals surface area contributed by atoms with E-state index in [1.165, 1.54) is 24.3 Å². The van der Waals surface area contributed by atoms with Gasteiger partial charge in [0.15, 0.2) is 0 Å². The molecule has 0 amide bonds. The van der Waals surface area contributed by atoms with Crippen LogP contribution in [-0.2, 0) is 10.0 Å². The van der Waals surface area contributed by atoms with E-state index in [9.17, 15) is 8.42 Å². The average molecular weight is 412 g/mol. The quantitative estimate of drug-likeness (QED) is 0.530. The second-order valence-corrected chi connectivity index (χ2v) is 7.29. The molecule has 1 aromatic carbocycles. The molecule has 0 fully saturated rings. The number of nitrogens with one attached hydrogen (secondary N) is 2. The van der Waals surface area contributed by atoms with Gasteiger partial charge in [0.25, 0.3) is 10.0 Å². The van der Waals surface area contributed by atoms with Crippen LogP contribution in [0.5, 0.6) is 0 Å². The lowest BCUT2D eigenvalue weighted by Gasteiger charge is -2.12. The van der Waals surface area contributed by atoms with Gasteiger partial charge in [-0.1, -0.05) is 39.1 Å². The van der Waals surface area contributed by atoms with E-state index in [1.807, 2.05) is 0 Å². The van der Waals surface area contributed by atoms with Gasteiger partial charge in [-0.2, -0.15) is 0 Å². The number of sulfonamides is 1. The highest BCUT2D eigenvalue weighted by Crippen LogP contribution is 2.35. The third-order valence-corrected chi connectivity index (χ3v) is 4.83. The normalized spacial score (nSPS) is 11.2. The summed E-state index contributed by atoms with van der Waals surface area (Å²) in [4.78, 5) is 3.79. The van der Waals surface area contributed by atoms with Gasteiger partial charge in [-0.05, 0) is 24.3 Å². The molecule has 112 valence electrons. The van der Waals surface area contributed by atoms with Crippen LogP contribution in [0.15, 0.2) is 39.8 Å². The Bertz CT molecular complexity index is 745. The van der Waals surface area contributed by atoms with Crippen molar-refractivity contribution in [3.63, 3.8) is 0 Å². The van der Waals surface area contributed by atoms with Gasteiger partial charge in [0.05, 0.1) is 15.7 Å². The molecule has 2 rings (SSSR count). The maximum absolute atomic E-state index is 12.3. The van der Waals surface area contributed by atoms with Crippen LogP contribution in [0.3, 0.4) is 0 Å². The van der Waals surface area contributed by atoms with Crippen LogP contribution in [0.2, 0.25) is 10.0 Å². The second kappa shape index (κ2) is 6.37. The molecule has 0 radical (unpaired) electrons. The topological polar surface area (TPSA) is 97.1 Å². The van der Waals surface area contributed by atoms with Crippen molar-refractivity contribution in [1.82, 2.24) is 4.98 Å². The third kappa shape index (κ3) is 3.78. The highest BCUT2D eigenvalue weighted by molar-refractivity contribution is 9.10. The van der Waals surface area contributed by atoms with Gasteiger partial charge in [-0.15, -0.1) is 0 Å². The number of nitrogen functional groups attached to an aromatic ring is 1. The Morgan fingerprint density at radius 2 is 1.81 bits per heavy atom. The van der Waals surface area contributed by atoms with E-state index in [4.69, 9.17) is 29.0 Å². The van der Waals surface area contributed by atoms with Crippen molar-refractivity contribution >= 4 is 60.7 Å².